The topological polar surface area (TPSA) is 93.9 Å². The summed E-state index contributed by atoms with van der Waals surface area (Å²) in [6.07, 6.45) is 0.213. The zero-order chi connectivity index (χ0) is 13.7. The molecule has 0 aromatic rings. The van der Waals surface area contributed by atoms with E-state index in [0.717, 1.165) is 0 Å². The van der Waals surface area contributed by atoms with Crippen molar-refractivity contribution in [2.75, 3.05) is 26.8 Å². The maximum absolute atomic E-state index is 12.2. The molecule has 0 radical (unpaired) electrons. The Morgan fingerprint density at radius 3 is 2.89 bits per heavy atom. The van der Waals surface area contributed by atoms with E-state index in [1.807, 2.05) is 6.07 Å². The summed E-state index contributed by atoms with van der Waals surface area (Å²) in [5.74, 6) is -1.08. The molecule has 2 atom stereocenters. The Hall–Kier alpha value is -1.81. The summed E-state index contributed by atoms with van der Waals surface area (Å²) >= 11 is 0. The number of carboxylic acids is 1. The van der Waals surface area contributed by atoms with Crippen LogP contribution in [0.1, 0.15) is 13.3 Å². The van der Waals surface area contributed by atoms with E-state index in [2.05, 4.69) is 0 Å². The standard InChI is InChI=1S/C11H17N3O4/c1-8(3-4-12)13(2)11(17)14-5-6-18-7-9(14)10(15)16/h8-9H,3,5-7H2,1-2H3,(H,15,16). The molecule has 18 heavy (non-hydrogen) atoms. The van der Waals surface area contributed by atoms with Crippen LogP contribution in [0.15, 0.2) is 0 Å². The highest BCUT2D eigenvalue weighted by molar-refractivity contribution is 5.83. The second kappa shape index (κ2) is 6.21. The molecule has 7 nitrogen and oxygen atoms in total. The van der Waals surface area contributed by atoms with Gasteiger partial charge < -0.3 is 19.6 Å². The van der Waals surface area contributed by atoms with Crippen LogP contribution >= 0.6 is 0 Å². The van der Waals surface area contributed by atoms with E-state index in [9.17, 15) is 9.59 Å². The van der Waals surface area contributed by atoms with E-state index in [0.29, 0.717) is 6.61 Å². The zero-order valence-corrected chi connectivity index (χ0v) is 10.5. The molecule has 1 saturated heterocycles. The van der Waals surface area contributed by atoms with Gasteiger partial charge in [-0.3, -0.25) is 0 Å². The van der Waals surface area contributed by atoms with Gasteiger partial charge in [-0.15, -0.1) is 0 Å². The van der Waals surface area contributed by atoms with E-state index >= 15 is 0 Å². The molecule has 0 spiro atoms. The quantitative estimate of drug-likeness (QED) is 0.773. The molecule has 1 aliphatic heterocycles. The average molecular weight is 255 g/mol. The van der Waals surface area contributed by atoms with Gasteiger partial charge in [0.1, 0.15) is 0 Å². The number of hydrogen-bond donors (Lipinski definition) is 1. The highest BCUT2D eigenvalue weighted by atomic mass is 16.5. The number of morpholine rings is 1. The molecule has 1 N–H and O–H groups in total. The second-order valence-electron chi connectivity index (χ2n) is 4.23. The number of rotatable bonds is 3. The Morgan fingerprint density at radius 1 is 1.67 bits per heavy atom. The SMILES string of the molecule is CC(CC#N)N(C)C(=O)N1CCOCC1C(=O)O. The van der Waals surface area contributed by atoms with Crippen molar-refractivity contribution in [2.45, 2.75) is 25.4 Å². The first-order valence-electron chi connectivity index (χ1n) is 5.70. The first-order chi connectivity index (χ1) is 8.49. The Bertz CT molecular complexity index is 366. The van der Waals surface area contributed by atoms with E-state index in [-0.39, 0.29) is 31.6 Å². The van der Waals surface area contributed by atoms with Gasteiger partial charge in [-0.1, -0.05) is 0 Å². The van der Waals surface area contributed by atoms with Crippen LogP contribution in [0.4, 0.5) is 4.79 Å². The summed E-state index contributed by atoms with van der Waals surface area (Å²) < 4.78 is 5.07. The van der Waals surface area contributed by atoms with Crippen LogP contribution in [-0.2, 0) is 9.53 Å². The summed E-state index contributed by atoms with van der Waals surface area (Å²) in [5, 5.41) is 17.6. The Morgan fingerprint density at radius 2 is 2.33 bits per heavy atom. The molecule has 1 rings (SSSR count). The van der Waals surface area contributed by atoms with E-state index < -0.39 is 12.0 Å². The lowest BCUT2D eigenvalue weighted by Gasteiger charge is -2.37. The normalized spacial score (nSPS) is 20.9. The van der Waals surface area contributed by atoms with Crippen molar-refractivity contribution >= 4 is 12.0 Å². The van der Waals surface area contributed by atoms with Crippen LogP contribution in [0.5, 0.6) is 0 Å². The minimum absolute atomic E-state index is 0.00153. The number of nitriles is 1. The summed E-state index contributed by atoms with van der Waals surface area (Å²) in [6, 6.07) is 0.400. The molecule has 0 aromatic heterocycles. The maximum atomic E-state index is 12.2. The number of amides is 2. The summed E-state index contributed by atoms with van der Waals surface area (Å²) in [6.45, 7) is 2.33. The first-order valence-corrected chi connectivity index (χ1v) is 5.70. The lowest BCUT2D eigenvalue weighted by molar-refractivity contribution is -0.147. The van der Waals surface area contributed by atoms with Gasteiger partial charge in [-0.25, -0.2) is 9.59 Å². The van der Waals surface area contributed by atoms with Crippen molar-refractivity contribution in [3.8, 4) is 6.07 Å². The van der Waals surface area contributed by atoms with Gasteiger partial charge >= 0.3 is 12.0 Å². The second-order valence-corrected chi connectivity index (χ2v) is 4.23. The largest absolute Gasteiger partial charge is 0.480 e. The molecule has 1 fully saturated rings. The molecule has 2 unspecified atom stereocenters. The predicted octanol–water partition coefficient (Wildman–Crippen LogP) is 0.126. The number of nitrogens with zero attached hydrogens (tertiary/aromatic N) is 3. The molecular formula is C11H17N3O4. The molecule has 1 heterocycles. The van der Waals surface area contributed by atoms with Crippen LogP contribution in [0, 0.1) is 11.3 Å². The number of hydrogen-bond acceptors (Lipinski definition) is 4. The van der Waals surface area contributed by atoms with Gasteiger partial charge in [-0.05, 0) is 6.92 Å². The van der Waals surface area contributed by atoms with Crippen LogP contribution in [0.25, 0.3) is 0 Å². The van der Waals surface area contributed by atoms with Crippen LogP contribution < -0.4 is 0 Å². The Kier molecular flexibility index (Phi) is 4.92. The lowest BCUT2D eigenvalue weighted by atomic mass is 10.2. The predicted molar refractivity (Wildman–Crippen MR) is 61.8 cm³/mol. The van der Waals surface area contributed by atoms with E-state index in [1.54, 1.807) is 14.0 Å². The molecule has 100 valence electrons. The number of carboxylic acid groups (broad SMARTS) is 1. The number of urea groups is 1. The number of carbonyl (C=O) groups excluding carboxylic acids is 1. The maximum Gasteiger partial charge on any atom is 0.328 e. The van der Waals surface area contributed by atoms with Gasteiger partial charge in [-0.2, -0.15) is 5.26 Å². The van der Waals surface area contributed by atoms with Gasteiger partial charge in [0.15, 0.2) is 6.04 Å². The third-order valence-electron chi connectivity index (χ3n) is 3.01. The van der Waals surface area contributed by atoms with Crippen molar-refractivity contribution in [2.24, 2.45) is 0 Å². The molecule has 0 aromatic carbocycles. The lowest BCUT2D eigenvalue weighted by Crippen LogP contribution is -2.57. The molecule has 0 saturated carbocycles. The van der Waals surface area contributed by atoms with Crippen molar-refractivity contribution in [3.63, 3.8) is 0 Å². The monoisotopic (exact) mass is 255 g/mol. The van der Waals surface area contributed by atoms with Gasteiger partial charge in [0.05, 0.1) is 25.7 Å². The third kappa shape index (κ3) is 3.11. The summed E-state index contributed by atoms with van der Waals surface area (Å²) in [4.78, 5) is 25.9. The van der Waals surface area contributed by atoms with E-state index in [4.69, 9.17) is 15.1 Å². The van der Waals surface area contributed by atoms with Gasteiger partial charge in [0.2, 0.25) is 0 Å². The van der Waals surface area contributed by atoms with Crippen molar-refractivity contribution < 1.29 is 19.4 Å². The Labute approximate surface area is 106 Å². The Balaban J connectivity index is 2.74. The molecular weight excluding hydrogens is 238 g/mol. The number of aliphatic carboxylic acids is 1. The van der Waals surface area contributed by atoms with Crippen molar-refractivity contribution in [1.29, 1.82) is 5.26 Å². The fourth-order valence-electron chi connectivity index (χ4n) is 1.70. The first kappa shape index (κ1) is 14.3. The van der Waals surface area contributed by atoms with Crippen molar-refractivity contribution in [1.82, 2.24) is 9.80 Å². The smallest absolute Gasteiger partial charge is 0.328 e. The minimum Gasteiger partial charge on any atom is -0.480 e. The fourth-order valence-corrected chi connectivity index (χ4v) is 1.70. The van der Waals surface area contributed by atoms with Crippen LogP contribution in [0.2, 0.25) is 0 Å². The average Bonchev–Trinajstić information content (AvgIpc) is 2.37. The highest BCUT2D eigenvalue weighted by Gasteiger charge is 2.35. The minimum atomic E-state index is -1.08. The summed E-state index contributed by atoms with van der Waals surface area (Å²) in [5.41, 5.74) is 0. The molecule has 2 amide bonds. The van der Waals surface area contributed by atoms with Gasteiger partial charge in [0.25, 0.3) is 0 Å². The number of carbonyl (C=O) groups is 2. The van der Waals surface area contributed by atoms with Crippen LogP contribution in [-0.4, -0.2) is 65.8 Å². The zero-order valence-electron chi connectivity index (χ0n) is 10.5. The highest BCUT2D eigenvalue weighted by Crippen LogP contribution is 2.12. The molecule has 1 aliphatic rings. The fraction of sp³-hybridized carbons (Fsp3) is 0.727. The summed E-state index contributed by atoms with van der Waals surface area (Å²) in [7, 11) is 1.57. The molecule has 0 aliphatic carbocycles. The van der Waals surface area contributed by atoms with E-state index in [1.165, 1.54) is 9.80 Å². The van der Waals surface area contributed by atoms with Gasteiger partial charge in [0, 0.05) is 19.6 Å². The van der Waals surface area contributed by atoms with Crippen molar-refractivity contribution in [3.05, 3.63) is 0 Å². The number of ether oxygens (including phenoxy) is 1. The molecule has 0 bridgehead atoms. The molecule has 7 heteroatoms. The third-order valence-corrected chi connectivity index (χ3v) is 3.01. The van der Waals surface area contributed by atoms with Crippen LogP contribution in [0.3, 0.4) is 0 Å².